The summed E-state index contributed by atoms with van der Waals surface area (Å²) in [4.78, 5) is 17.0. The minimum Gasteiger partial charge on any atom is -0.468 e. The molecule has 172 valence electrons. The van der Waals surface area contributed by atoms with E-state index in [4.69, 9.17) is 19.1 Å². The number of esters is 1. The maximum absolute atomic E-state index is 12.3. The number of hydrogen-bond donors (Lipinski definition) is 1. The smallest absolute Gasteiger partial charge is 0.343 e. The van der Waals surface area contributed by atoms with Gasteiger partial charge in [-0.1, -0.05) is 49.1 Å². The average molecular weight is 449 g/mol. The first-order chi connectivity index (χ1) is 16.1. The molecule has 3 rings (SSSR count). The summed E-state index contributed by atoms with van der Waals surface area (Å²) < 4.78 is 16.1. The van der Waals surface area contributed by atoms with Crippen molar-refractivity contribution in [3.63, 3.8) is 0 Å². The summed E-state index contributed by atoms with van der Waals surface area (Å²) in [6, 6.07) is 21.7. The largest absolute Gasteiger partial charge is 0.468 e. The minimum absolute atomic E-state index is 0.197. The summed E-state index contributed by atoms with van der Waals surface area (Å²) in [6.45, 7) is 6.39. The lowest BCUT2D eigenvalue weighted by Gasteiger charge is -2.15. The van der Waals surface area contributed by atoms with Crippen molar-refractivity contribution < 1.29 is 29.1 Å². The van der Waals surface area contributed by atoms with Crippen molar-refractivity contribution in [3.05, 3.63) is 102 Å². The van der Waals surface area contributed by atoms with Crippen molar-refractivity contribution in [1.82, 2.24) is 0 Å². The molecule has 6 nitrogen and oxygen atoms in total. The van der Waals surface area contributed by atoms with E-state index in [1.807, 2.05) is 55.5 Å². The molecule has 3 aromatic carbocycles. The molecule has 0 aliphatic heterocycles. The SMILES string of the molecule is C=Cc1ccc(C(=O)Oc2ccc(CCC(OO)c3ccc(OCOCC)cc3)cc2)cc1. The van der Waals surface area contributed by atoms with Crippen molar-refractivity contribution in [2.45, 2.75) is 25.9 Å². The van der Waals surface area contributed by atoms with Crippen LogP contribution in [0.5, 0.6) is 11.5 Å². The van der Waals surface area contributed by atoms with Crippen LogP contribution in [0.15, 0.2) is 79.4 Å². The summed E-state index contributed by atoms with van der Waals surface area (Å²) >= 11 is 0. The lowest BCUT2D eigenvalue weighted by Crippen LogP contribution is -2.08. The molecule has 33 heavy (non-hydrogen) atoms. The topological polar surface area (TPSA) is 74.2 Å². The lowest BCUT2D eigenvalue weighted by atomic mass is 10.0. The van der Waals surface area contributed by atoms with Crippen LogP contribution in [0.2, 0.25) is 0 Å². The number of aryl methyl sites for hydroxylation is 1. The number of carbonyl (C=O) groups is 1. The second kappa shape index (κ2) is 12.6. The Morgan fingerprint density at radius 2 is 1.64 bits per heavy atom. The highest BCUT2D eigenvalue weighted by Gasteiger charge is 2.13. The van der Waals surface area contributed by atoms with Gasteiger partial charge in [0.2, 0.25) is 0 Å². The summed E-state index contributed by atoms with van der Waals surface area (Å²) in [7, 11) is 0. The van der Waals surface area contributed by atoms with Crippen molar-refractivity contribution in [1.29, 1.82) is 0 Å². The van der Waals surface area contributed by atoms with Gasteiger partial charge in [0.25, 0.3) is 0 Å². The molecular formula is C27H28O6. The molecule has 0 amide bonds. The fraction of sp³-hybridized carbons (Fsp3) is 0.222. The van der Waals surface area contributed by atoms with E-state index in [0.29, 0.717) is 36.5 Å². The van der Waals surface area contributed by atoms with Gasteiger partial charge in [0.1, 0.15) is 17.6 Å². The van der Waals surface area contributed by atoms with Gasteiger partial charge in [-0.3, -0.25) is 5.26 Å². The first-order valence-electron chi connectivity index (χ1n) is 10.8. The highest BCUT2D eigenvalue weighted by atomic mass is 17.1. The molecule has 0 saturated carbocycles. The van der Waals surface area contributed by atoms with Gasteiger partial charge in [-0.25, -0.2) is 9.68 Å². The van der Waals surface area contributed by atoms with Gasteiger partial charge in [-0.05, 0) is 72.9 Å². The third-order valence-corrected chi connectivity index (χ3v) is 5.10. The zero-order chi connectivity index (χ0) is 23.5. The van der Waals surface area contributed by atoms with Crippen molar-refractivity contribution in [2.24, 2.45) is 0 Å². The summed E-state index contributed by atoms with van der Waals surface area (Å²) in [6.07, 6.45) is 2.49. The van der Waals surface area contributed by atoms with Gasteiger partial charge in [0, 0.05) is 6.61 Å². The zero-order valence-electron chi connectivity index (χ0n) is 18.6. The van der Waals surface area contributed by atoms with Gasteiger partial charge < -0.3 is 14.2 Å². The Labute approximate surface area is 193 Å². The molecule has 0 spiro atoms. The number of ether oxygens (including phenoxy) is 3. The average Bonchev–Trinajstić information content (AvgIpc) is 2.86. The van der Waals surface area contributed by atoms with Crippen molar-refractivity contribution >= 4 is 12.0 Å². The molecule has 0 saturated heterocycles. The van der Waals surface area contributed by atoms with Crippen LogP contribution in [0.3, 0.4) is 0 Å². The minimum atomic E-state index is -0.470. The van der Waals surface area contributed by atoms with E-state index in [1.165, 1.54) is 0 Å². The van der Waals surface area contributed by atoms with Crippen LogP contribution in [-0.2, 0) is 16.0 Å². The Morgan fingerprint density at radius 3 is 2.24 bits per heavy atom. The van der Waals surface area contributed by atoms with Gasteiger partial charge in [0.15, 0.2) is 6.79 Å². The first-order valence-corrected chi connectivity index (χ1v) is 10.8. The summed E-state index contributed by atoms with van der Waals surface area (Å²) in [5.74, 6) is 0.737. The van der Waals surface area contributed by atoms with Crippen LogP contribution in [0.1, 0.15) is 46.5 Å². The van der Waals surface area contributed by atoms with Crippen molar-refractivity contribution in [3.8, 4) is 11.5 Å². The monoisotopic (exact) mass is 448 g/mol. The Bertz CT molecular complexity index is 1010. The summed E-state index contributed by atoms with van der Waals surface area (Å²) in [5.41, 5.74) is 3.28. The molecule has 0 bridgehead atoms. The predicted octanol–water partition coefficient (Wildman–Crippen LogP) is 6.09. The fourth-order valence-corrected chi connectivity index (χ4v) is 3.20. The number of carbonyl (C=O) groups excluding carboxylic acids is 1. The van der Waals surface area contributed by atoms with E-state index in [2.05, 4.69) is 6.58 Å². The second-order valence-electron chi connectivity index (χ2n) is 7.32. The molecule has 6 heteroatoms. The maximum Gasteiger partial charge on any atom is 0.343 e. The quantitative estimate of drug-likeness (QED) is 0.0903. The molecule has 0 radical (unpaired) electrons. The molecule has 1 unspecified atom stereocenters. The number of rotatable bonds is 12. The Balaban J connectivity index is 1.52. The lowest BCUT2D eigenvalue weighted by molar-refractivity contribution is -0.283. The van der Waals surface area contributed by atoms with E-state index in [1.54, 1.807) is 30.3 Å². The van der Waals surface area contributed by atoms with Gasteiger partial charge in [-0.15, -0.1) is 0 Å². The van der Waals surface area contributed by atoms with E-state index in [0.717, 1.165) is 16.7 Å². The highest BCUT2D eigenvalue weighted by Crippen LogP contribution is 2.25. The zero-order valence-corrected chi connectivity index (χ0v) is 18.6. The second-order valence-corrected chi connectivity index (χ2v) is 7.32. The van der Waals surface area contributed by atoms with E-state index in [-0.39, 0.29) is 6.79 Å². The standard InChI is InChI=1S/C27H28O6/c1-3-20-5-10-23(11-6-20)27(28)32-25-14-7-21(8-15-25)9-18-26(33-29)22-12-16-24(17-13-22)31-19-30-4-2/h3,5-8,10-17,26,29H,1,4,9,18-19H2,2H3. The Morgan fingerprint density at radius 1 is 0.970 bits per heavy atom. The predicted molar refractivity (Wildman–Crippen MR) is 126 cm³/mol. The molecule has 1 N–H and O–H groups in total. The molecule has 3 aromatic rings. The van der Waals surface area contributed by atoms with Gasteiger partial charge in [0.05, 0.1) is 5.56 Å². The maximum atomic E-state index is 12.3. The molecular weight excluding hydrogens is 420 g/mol. The molecule has 0 fully saturated rings. The van der Waals surface area contributed by atoms with Crippen LogP contribution in [0, 0.1) is 0 Å². The normalized spacial score (nSPS) is 11.6. The number of benzene rings is 3. The third-order valence-electron chi connectivity index (χ3n) is 5.10. The highest BCUT2D eigenvalue weighted by molar-refractivity contribution is 5.91. The molecule has 0 heterocycles. The van der Waals surface area contributed by atoms with Crippen LogP contribution in [0.25, 0.3) is 6.08 Å². The number of hydrogen-bond acceptors (Lipinski definition) is 6. The van der Waals surface area contributed by atoms with Crippen molar-refractivity contribution in [2.75, 3.05) is 13.4 Å². The van der Waals surface area contributed by atoms with Crippen LogP contribution in [0.4, 0.5) is 0 Å². The van der Waals surface area contributed by atoms with Crippen LogP contribution < -0.4 is 9.47 Å². The van der Waals surface area contributed by atoms with Gasteiger partial charge >= 0.3 is 5.97 Å². The molecule has 0 aromatic heterocycles. The molecule has 1 atom stereocenters. The van der Waals surface area contributed by atoms with E-state index >= 15 is 0 Å². The molecule has 0 aliphatic carbocycles. The van der Waals surface area contributed by atoms with E-state index < -0.39 is 12.1 Å². The first kappa shape index (κ1) is 24.2. The van der Waals surface area contributed by atoms with E-state index in [9.17, 15) is 10.1 Å². The van der Waals surface area contributed by atoms with Crippen LogP contribution >= 0.6 is 0 Å². The summed E-state index contributed by atoms with van der Waals surface area (Å²) in [5, 5.41) is 9.37. The van der Waals surface area contributed by atoms with Gasteiger partial charge in [-0.2, -0.15) is 0 Å². The Kier molecular flexibility index (Phi) is 9.20. The fourth-order valence-electron chi connectivity index (χ4n) is 3.20. The Hall–Kier alpha value is -3.45. The van der Waals surface area contributed by atoms with Crippen LogP contribution in [-0.4, -0.2) is 24.6 Å². The third kappa shape index (κ3) is 7.29. The molecule has 0 aliphatic rings.